The van der Waals surface area contributed by atoms with E-state index in [1.54, 1.807) is 25.1 Å². The molecule has 3 rings (SSSR count). The highest BCUT2D eigenvalue weighted by atomic mass is 19.4. The number of hydrogen-bond donors (Lipinski definition) is 1. The molecule has 0 saturated carbocycles. The highest BCUT2D eigenvalue weighted by Gasteiger charge is 2.51. The molecule has 1 aromatic heterocycles. The standard InChI is InChI=1S/C23H22F4N2O4/c1-4-32-18-10-14(7-8-17(18)30)13-5-6-15(16(24)9-13)11-21(31)28-20-12-19(33-29-20)22(2,3)23(25,26)27/h5-7,9-10,12H,4,8,11H2,1-3H3,(H,28,29,31). The van der Waals surface area contributed by atoms with Crippen LogP contribution in [0.2, 0.25) is 0 Å². The van der Waals surface area contributed by atoms with E-state index in [-0.39, 0.29) is 35.8 Å². The van der Waals surface area contributed by atoms with Gasteiger partial charge in [-0.3, -0.25) is 9.59 Å². The van der Waals surface area contributed by atoms with Gasteiger partial charge in [0.25, 0.3) is 0 Å². The van der Waals surface area contributed by atoms with Crippen LogP contribution in [-0.4, -0.2) is 29.6 Å². The van der Waals surface area contributed by atoms with Crippen LogP contribution in [0, 0.1) is 5.82 Å². The van der Waals surface area contributed by atoms with Crippen LogP contribution in [0.5, 0.6) is 0 Å². The number of alkyl halides is 3. The van der Waals surface area contributed by atoms with Gasteiger partial charge in [-0.2, -0.15) is 13.2 Å². The van der Waals surface area contributed by atoms with Gasteiger partial charge < -0.3 is 14.6 Å². The normalized spacial score (nSPS) is 14.6. The number of amides is 1. The molecule has 0 spiro atoms. The van der Waals surface area contributed by atoms with Crippen molar-refractivity contribution in [3.8, 4) is 0 Å². The van der Waals surface area contributed by atoms with Gasteiger partial charge in [-0.25, -0.2) is 4.39 Å². The van der Waals surface area contributed by atoms with E-state index in [0.717, 1.165) is 19.9 Å². The van der Waals surface area contributed by atoms with E-state index in [1.807, 2.05) is 0 Å². The Kier molecular flexibility index (Phi) is 6.76. The largest absolute Gasteiger partial charge is 0.490 e. The van der Waals surface area contributed by atoms with E-state index in [4.69, 9.17) is 9.26 Å². The van der Waals surface area contributed by atoms with Crippen LogP contribution in [0.25, 0.3) is 5.57 Å². The maximum absolute atomic E-state index is 14.6. The minimum atomic E-state index is -4.57. The van der Waals surface area contributed by atoms with E-state index in [2.05, 4.69) is 10.5 Å². The topological polar surface area (TPSA) is 81.4 Å². The Morgan fingerprint density at radius 2 is 1.97 bits per heavy atom. The van der Waals surface area contributed by atoms with Crippen LogP contribution >= 0.6 is 0 Å². The number of carbonyl (C=O) groups excluding carboxylic acids is 2. The van der Waals surface area contributed by atoms with Crippen LogP contribution in [0.4, 0.5) is 23.4 Å². The van der Waals surface area contributed by atoms with Crippen molar-refractivity contribution in [3.63, 3.8) is 0 Å². The number of nitrogens with one attached hydrogen (secondary N) is 1. The molecule has 1 aromatic carbocycles. The average Bonchev–Trinajstić information content (AvgIpc) is 3.19. The van der Waals surface area contributed by atoms with Gasteiger partial charge in [0.2, 0.25) is 11.7 Å². The lowest BCUT2D eigenvalue weighted by Crippen LogP contribution is -2.35. The first kappa shape index (κ1) is 24.2. The van der Waals surface area contributed by atoms with Crippen molar-refractivity contribution in [1.29, 1.82) is 0 Å². The number of carbonyl (C=O) groups is 2. The summed E-state index contributed by atoms with van der Waals surface area (Å²) in [5.41, 5.74) is -1.08. The van der Waals surface area contributed by atoms with E-state index < -0.39 is 29.1 Å². The van der Waals surface area contributed by atoms with Crippen molar-refractivity contribution < 1.29 is 36.4 Å². The minimum absolute atomic E-state index is 0.0806. The molecule has 10 heteroatoms. The molecule has 1 aliphatic carbocycles. The van der Waals surface area contributed by atoms with Crippen molar-refractivity contribution in [2.45, 2.75) is 45.2 Å². The van der Waals surface area contributed by atoms with Crippen LogP contribution in [0.15, 0.2) is 46.7 Å². The molecule has 0 unspecified atom stereocenters. The lowest BCUT2D eigenvalue weighted by atomic mass is 9.89. The van der Waals surface area contributed by atoms with Gasteiger partial charge in [0.1, 0.15) is 11.2 Å². The SMILES string of the molecule is CCOC1=CC(c2ccc(CC(=O)Nc3cc(C(C)(C)C(F)(F)F)on3)c(F)c2)=CCC1=O. The number of anilines is 1. The monoisotopic (exact) mass is 466 g/mol. The quantitative estimate of drug-likeness (QED) is 0.574. The highest BCUT2D eigenvalue weighted by molar-refractivity contribution is 6.01. The molecule has 1 N–H and O–H groups in total. The van der Waals surface area contributed by atoms with Crippen molar-refractivity contribution >= 4 is 23.1 Å². The van der Waals surface area contributed by atoms with Gasteiger partial charge >= 0.3 is 6.18 Å². The number of aromatic nitrogens is 1. The van der Waals surface area contributed by atoms with E-state index in [1.165, 1.54) is 12.1 Å². The highest BCUT2D eigenvalue weighted by Crippen LogP contribution is 2.41. The van der Waals surface area contributed by atoms with Crippen LogP contribution in [-0.2, 0) is 26.2 Å². The number of nitrogens with zero attached hydrogens (tertiary/aromatic N) is 1. The smallest absolute Gasteiger partial charge is 0.401 e. The van der Waals surface area contributed by atoms with Crippen molar-refractivity contribution in [1.82, 2.24) is 5.16 Å². The third-order valence-corrected chi connectivity index (χ3v) is 5.21. The molecule has 0 atom stereocenters. The van der Waals surface area contributed by atoms with Gasteiger partial charge in [0, 0.05) is 12.5 Å². The summed E-state index contributed by atoms with van der Waals surface area (Å²) in [6.07, 6.45) is -1.59. The third-order valence-electron chi connectivity index (χ3n) is 5.21. The minimum Gasteiger partial charge on any atom is -0.490 e. The molecule has 1 aliphatic rings. The average molecular weight is 466 g/mol. The number of rotatable bonds is 7. The van der Waals surface area contributed by atoms with E-state index >= 15 is 0 Å². The number of ether oxygens (including phenoxy) is 1. The van der Waals surface area contributed by atoms with Crippen molar-refractivity contribution in [2.24, 2.45) is 0 Å². The number of benzene rings is 1. The Morgan fingerprint density at radius 3 is 2.61 bits per heavy atom. The molecule has 1 heterocycles. The molecule has 176 valence electrons. The summed E-state index contributed by atoms with van der Waals surface area (Å²) in [4.78, 5) is 24.1. The molecule has 0 fully saturated rings. The lowest BCUT2D eigenvalue weighted by molar-refractivity contribution is -0.185. The predicted octanol–water partition coefficient (Wildman–Crippen LogP) is 5.11. The molecule has 1 amide bonds. The first-order valence-corrected chi connectivity index (χ1v) is 10.1. The fourth-order valence-corrected chi connectivity index (χ4v) is 3.06. The fraction of sp³-hybridized carbons (Fsp3) is 0.348. The molecule has 0 radical (unpaired) electrons. The second-order valence-corrected chi connectivity index (χ2v) is 7.96. The summed E-state index contributed by atoms with van der Waals surface area (Å²) in [7, 11) is 0. The molecule has 0 bridgehead atoms. The molecule has 33 heavy (non-hydrogen) atoms. The van der Waals surface area contributed by atoms with Gasteiger partial charge in [-0.1, -0.05) is 23.4 Å². The third kappa shape index (κ3) is 5.32. The Bertz CT molecular complexity index is 1130. The molecular weight excluding hydrogens is 444 g/mol. The first-order valence-electron chi connectivity index (χ1n) is 10.1. The van der Waals surface area contributed by atoms with Crippen molar-refractivity contribution in [3.05, 3.63) is 64.9 Å². The maximum atomic E-state index is 14.6. The van der Waals surface area contributed by atoms with Crippen molar-refractivity contribution in [2.75, 3.05) is 11.9 Å². The Morgan fingerprint density at radius 1 is 1.24 bits per heavy atom. The summed E-state index contributed by atoms with van der Waals surface area (Å²) in [6, 6.07) is 5.26. The second kappa shape index (κ2) is 9.21. The summed E-state index contributed by atoms with van der Waals surface area (Å²) < 4.78 is 64.0. The van der Waals surface area contributed by atoms with Crippen LogP contribution in [0.3, 0.4) is 0 Å². The van der Waals surface area contributed by atoms with Gasteiger partial charge in [-0.15, -0.1) is 0 Å². The predicted molar refractivity (Wildman–Crippen MR) is 112 cm³/mol. The maximum Gasteiger partial charge on any atom is 0.401 e. The summed E-state index contributed by atoms with van der Waals surface area (Å²) in [6.45, 7) is 3.94. The van der Waals surface area contributed by atoms with Crippen LogP contribution < -0.4 is 5.32 Å². The molecule has 2 aromatic rings. The summed E-state index contributed by atoms with van der Waals surface area (Å²) in [5.74, 6) is -1.93. The van der Waals surface area contributed by atoms with Gasteiger partial charge in [0.05, 0.1) is 13.0 Å². The van der Waals surface area contributed by atoms with Gasteiger partial charge in [0.15, 0.2) is 17.3 Å². The zero-order valence-corrected chi connectivity index (χ0v) is 18.2. The molecule has 6 nitrogen and oxygen atoms in total. The number of Topliss-reactive ketones (excluding diaryl/α,β-unsaturated/α-hetero) is 1. The first-order chi connectivity index (χ1) is 15.4. The molecule has 0 aliphatic heterocycles. The van der Waals surface area contributed by atoms with E-state index in [9.17, 15) is 27.2 Å². The second-order valence-electron chi connectivity index (χ2n) is 7.96. The number of halogens is 4. The summed E-state index contributed by atoms with van der Waals surface area (Å²) in [5, 5.41) is 5.76. The number of allylic oxidation sites excluding steroid dienone is 4. The van der Waals surface area contributed by atoms with Crippen LogP contribution in [0.1, 0.15) is 44.1 Å². The number of hydrogen-bond acceptors (Lipinski definition) is 5. The number of ketones is 1. The summed E-state index contributed by atoms with van der Waals surface area (Å²) >= 11 is 0. The lowest BCUT2D eigenvalue weighted by Gasteiger charge is -2.24. The van der Waals surface area contributed by atoms with Gasteiger partial charge in [-0.05, 0) is 49.6 Å². The van der Waals surface area contributed by atoms with E-state index in [0.29, 0.717) is 17.7 Å². The Balaban J connectivity index is 1.69. The fourth-order valence-electron chi connectivity index (χ4n) is 3.06. The Labute approximate surface area is 187 Å². The zero-order chi connectivity index (χ0) is 24.4. The zero-order valence-electron chi connectivity index (χ0n) is 18.2. The molecule has 0 saturated heterocycles. The Hall–Kier alpha value is -3.43. The molecular formula is C23H22F4N2O4.